The number of benzene rings is 2. The smallest absolute Gasteiger partial charge is 0.316 e. The number of carbonyl (C=O) groups excluding carboxylic acids is 1. The molecule has 1 saturated heterocycles. The molecule has 2 aromatic carbocycles. The molecule has 33 heavy (non-hydrogen) atoms. The van der Waals surface area contributed by atoms with E-state index in [9.17, 15) is 18.8 Å². The summed E-state index contributed by atoms with van der Waals surface area (Å²) in [6.07, 6.45) is 2.00. The Morgan fingerprint density at radius 1 is 1.00 bits per heavy atom. The molecule has 1 fully saturated rings. The zero-order valence-corrected chi connectivity index (χ0v) is 18.8. The third kappa shape index (κ3) is 5.22. The van der Waals surface area contributed by atoms with Crippen LogP contribution in [0, 0.1) is 11.7 Å². The van der Waals surface area contributed by atoms with Crippen molar-refractivity contribution >= 4 is 16.9 Å². The third-order valence-electron chi connectivity index (χ3n) is 6.48. The second-order valence-electron chi connectivity index (χ2n) is 8.67. The number of hydrogen-bond donors (Lipinski definition) is 1. The van der Waals surface area contributed by atoms with Crippen LogP contribution in [-0.2, 0) is 24.9 Å². The van der Waals surface area contributed by atoms with Gasteiger partial charge in [0.2, 0.25) is 5.91 Å². The van der Waals surface area contributed by atoms with Crippen LogP contribution >= 0.6 is 0 Å². The van der Waals surface area contributed by atoms with E-state index in [0.29, 0.717) is 35.6 Å². The number of amides is 1. The van der Waals surface area contributed by atoms with E-state index in [1.807, 2.05) is 18.2 Å². The van der Waals surface area contributed by atoms with Gasteiger partial charge < -0.3 is 14.5 Å². The minimum atomic E-state index is -0.619. The van der Waals surface area contributed by atoms with E-state index in [4.69, 9.17) is 0 Å². The highest BCUT2D eigenvalue weighted by Gasteiger charge is 2.20. The van der Waals surface area contributed by atoms with Crippen LogP contribution in [0.5, 0.6) is 0 Å². The number of carbonyl (C=O) groups is 1. The number of nitrogens with zero attached hydrogens (tertiary/aromatic N) is 3. The second kappa shape index (κ2) is 10.1. The van der Waals surface area contributed by atoms with E-state index in [-0.39, 0.29) is 24.7 Å². The summed E-state index contributed by atoms with van der Waals surface area (Å²) in [4.78, 5) is 39.4. The molecule has 0 spiro atoms. The molecule has 0 radical (unpaired) electrons. The predicted octanol–water partition coefficient (Wildman–Crippen LogP) is 2.26. The van der Waals surface area contributed by atoms with Gasteiger partial charge in [0.25, 0.3) is 0 Å². The zero-order valence-electron chi connectivity index (χ0n) is 18.8. The van der Waals surface area contributed by atoms with E-state index in [1.54, 1.807) is 31.3 Å². The fourth-order valence-electron chi connectivity index (χ4n) is 4.45. The first-order valence-electron chi connectivity index (χ1n) is 11.3. The highest BCUT2D eigenvalue weighted by Crippen LogP contribution is 2.19. The molecule has 2 heterocycles. The van der Waals surface area contributed by atoms with Gasteiger partial charge in [-0.1, -0.05) is 30.3 Å². The van der Waals surface area contributed by atoms with Gasteiger partial charge in [0.15, 0.2) is 0 Å². The quantitative estimate of drug-likeness (QED) is 0.558. The van der Waals surface area contributed by atoms with Crippen LogP contribution in [-0.4, -0.2) is 39.6 Å². The summed E-state index contributed by atoms with van der Waals surface area (Å²) >= 11 is 0. The number of rotatable bonds is 7. The van der Waals surface area contributed by atoms with Gasteiger partial charge in [-0.25, -0.2) is 4.39 Å². The third-order valence-corrected chi connectivity index (χ3v) is 6.48. The molecule has 0 aliphatic carbocycles. The molecule has 1 aliphatic heterocycles. The summed E-state index contributed by atoms with van der Waals surface area (Å²) in [6, 6.07) is 14.0. The number of halogens is 1. The number of hydrogen-bond acceptors (Lipinski definition) is 4. The van der Waals surface area contributed by atoms with Crippen molar-refractivity contribution in [1.29, 1.82) is 0 Å². The van der Waals surface area contributed by atoms with E-state index in [0.717, 1.165) is 25.9 Å². The number of aryl methyl sites for hydroxylation is 2. The average Bonchev–Trinajstić information content (AvgIpc) is 2.83. The molecular formula is C25H29FN4O3. The SMILES string of the molecule is Cn1c(=O)c(=O)n(CCC(=O)NCC2CCN(Cc3ccccc3F)CC2)c2ccccc21. The second-order valence-corrected chi connectivity index (χ2v) is 8.67. The summed E-state index contributed by atoms with van der Waals surface area (Å²) in [5.41, 5.74) is 0.787. The van der Waals surface area contributed by atoms with Crippen molar-refractivity contribution in [2.24, 2.45) is 13.0 Å². The number of para-hydroxylation sites is 2. The molecule has 0 bridgehead atoms. The maximum atomic E-state index is 13.9. The van der Waals surface area contributed by atoms with Gasteiger partial charge in [-0.2, -0.15) is 0 Å². The molecule has 8 heteroatoms. The number of likely N-dealkylation sites (tertiary alicyclic amines) is 1. The predicted molar refractivity (Wildman–Crippen MR) is 125 cm³/mol. The number of nitrogens with one attached hydrogen (secondary N) is 1. The van der Waals surface area contributed by atoms with Crippen LogP contribution in [0.3, 0.4) is 0 Å². The van der Waals surface area contributed by atoms with Crippen LogP contribution in [0.1, 0.15) is 24.8 Å². The molecule has 7 nitrogen and oxygen atoms in total. The molecular weight excluding hydrogens is 423 g/mol. The van der Waals surface area contributed by atoms with Crippen molar-refractivity contribution < 1.29 is 9.18 Å². The van der Waals surface area contributed by atoms with Crippen LogP contribution in [0.15, 0.2) is 58.1 Å². The van der Waals surface area contributed by atoms with E-state index in [1.165, 1.54) is 15.2 Å². The minimum absolute atomic E-state index is 0.128. The minimum Gasteiger partial charge on any atom is -0.356 e. The van der Waals surface area contributed by atoms with Gasteiger partial charge in [-0.05, 0) is 50.0 Å². The van der Waals surface area contributed by atoms with Crippen molar-refractivity contribution in [3.8, 4) is 0 Å². The Hall–Kier alpha value is -3.26. The summed E-state index contributed by atoms with van der Waals surface area (Å²) < 4.78 is 16.6. The molecule has 4 rings (SSSR count). The van der Waals surface area contributed by atoms with Gasteiger partial charge in [-0.3, -0.25) is 19.3 Å². The summed E-state index contributed by atoms with van der Waals surface area (Å²) in [7, 11) is 1.57. The lowest BCUT2D eigenvalue weighted by Gasteiger charge is -2.32. The first-order valence-corrected chi connectivity index (χ1v) is 11.3. The van der Waals surface area contributed by atoms with Crippen LogP contribution < -0.4 is 16.4 Å². The first kappa shape index (κ1) is 22.9. The van der Waals surface area contributed by atoms with Crippen molar-refractivity contribution in [3.05, 3.63) is 80.6 Å². The van der Waals surface area contributed by atoms with Crippen molar-refractivity contribution in [1.82, 2.24) is 19.4 Å². The highest BCUT2D eigenvalue weighted by molar-refractivity contribution is 5.77. The molecule has 1 aromatic heterocycles. The average molecular weight is 453 g/mol. The summed E-state index contributed by atoms with van der Waals surface area (Å²) in [5.74, 6) is 0.0638. The Morgan fingerprint density at radius 3 is 2.39 bits per heavy atom. The van der Waals surface area contributed by atoms with Crippen LogP contribution in [0.2, 0.25) is 0 Å². The Balaban J connectivity index is 1.27. The molecule has 1 amide bonds. The standard InChI is InChI=1S/C25H29FN4O3/c1-28-21-8-4-5-9-22(21)30(25(33)24(28)32)15-12-23(31)27-16-18-10-13-29(14-11-18)17-19-6-2-3-7-20(19)26/h2-9,18H,10-17H2,1H3,(H,27,31). The largest absolute Gasteiger partial charge is 0.356 e. The Bertz CT molecular complexity index is 1260. The lowest BCUT2D eigenvalue weighted by Crippen LogP contribution is -2.41. The summed E-state index contributed by atoms with van der Waals surface area (Å²) in [5, 5.41) is 2.97. The van der Waals surface area contributed by atoms with Gasteiger partial charge in [-0.15, -0.1) is 0 Å². The fraction of sp³-hybridized carbons (Fsp3) is 0.400. The number of aromatic nitrogens is 2. The maximum Gasteiger partial charge on any atom is 0.316 e. The number of piperidine rings is 1. The van der Waals surface area contributed by atoms with Gasteiger partial charge in [0.1, 0.15) is 5.82 Å². The number of fused-ring (bicyclic) bond motifs is 1. The van der Waals surface area contributed by atoms with E-state index in [2.05, 4.69) is 10.2 Å². The topological polar surface area (TPSA) is 76.3 Å². The van der Waals surface area contributed by atoms with Gasteiger partial charge in [0, 0.05) is 38.7 Å². The van der Waals surface area contributed by atoms with E-state index >= 15 is 0 Å². The zero-order chi connectivity index (χ0) is 23.4. The van der Waals surface area contributed by atoms with Crippen molar-refractivity contribution in [2.45, 2.75) is 32.4 Å². The first-order chi connectivity index (χ1) is 15.9. The molecule has 3 aromatic rings. The Kier molecular flexibility index (Phi) is 7.03. The summed E-state index contributed by atoms with van der Waals surface area (Å²) in [6.45, 7) is 3.07. The van der Waals surface area contributed by atoms with Crippen molar-refractivity contribution in [2.75, 3.05) is 19.6 Å². The molecule has 1 N–H and O–H groups in total. The lowest BCUT2D eigenvalue weighted by atomic mass is 9.96. The highest BCUT2D eigenvalue weighted by atomic mass is 19.1. The fourth-order valence-corrected chi connectivity index (χ4v) is 4.45. The molecule has 1 aliphatic rings. The lowest BCUT2D eigenvalue weighted by molar-refractivity contribution is -0.121. The molecule has 0 unspecified atom stereocenters. The monoisotopic (exact) mass is 452 g/mol. The van der Waals surface area contributed by atoms with Gasteiger partial charge >= 0.3 is 11.1 Å². The van der Waals surface area contributed by atoms with Gasteiger partial charge in [0.05, 0.1) is 11.0 Å². The molecule has 0 atom stereocenters. The van der Waals surface area contributed by atoms with Crippen LogP contribution in [0.4, 0.5) is 4.39 Å². The Labute approximate surface area is 191 Å². The molecule has 0 saturated carbocycles. The van der Waals surface area contributed by atoms with E-state index < -0.39 is 11.1 Å². The maximum absolute atomic E-state index is 13.9. The Morgan fingerprint density at radius 2 is 1.67 bits per heavy atom. The molecule has 174 valence electrons. The normalized spacial score (nSPS) is 15.1. The van der Waals surface area contributed by atoms with Crippen LogP contribution in [0.25, 0.3) is 11.0 Å². The van der Waals surface area contributed by atoms with Crippen molar-refractivity contribution in [3.63, 3.8) is 0 Å².